The molecule has 0 unspecified atom stereocenters. The SMILES string of the molecule is COc1ccc2sc(I)cc2c1Cl. The van der Waals surface area contributed by atoms with Gasteiger partial charge in [-0.05, 0) is 40.8 Å². The van der Waals surface area contributed by atoms with Crippen molar-refractivity contribution in [3.05, 3.63) is 26.1 Å². The molecule has 0 radical (unpaired) electrons. The van der Waals surface area contributed by atoms with Crippen LogP contribution in [-0.4, -0.2) is 7.11 Å². The fourth-order valence-electron chi connectivity index (χ4n) is 1.18. The van der Waals surface area contributed by atoms with E-state index in [4.69, 9.17) is 16.3 Å². The van der Waals surface area contributed by atoms with E-state index in [1.165, 1.54) is 7.58 Å². The summed E-state index contributed by atoms with van der Waals surface area (Å²) in [5, 5.41) is 1.79. The van der Waals surface area contributed by atoms with Gasteiger partial charge in [0, 0.05) is 10.1 Å². The maximum absolute atomic E-state index is 6.13. The molecule has 0 atom stereocenters. The molecule has 2 rings (SSSR count). The second kappa shape index (κ2) is 3.63. The average molecular weight is 325 g/mol. The number of halogens is 2. The number of methoxy groups -OCH3 is 1. The maximum Gasteiger partial charge on any atom is 0.138 e. The lowest BCUT2D eigenvalue weighted by Gasteiger charge is -2.02. The quantitative estimate of drug-likeness (QED) is 0.716. The van der Waals surface area contributed by atoms with Crippen molar-refractivity contribution < 1.29 is 4.74 Å². The van der Waals surface area contributed by atoms with Crippen LogP contribution in [0.1, 0.15) is 0 Å². The topological polar surface area (TPSA) is 9.23 Å². The second-order valence-electron chi connectivity index (χ2n) is 2.54. The third-order valence-corrected chi connectivity index (χ3v) is 4.04. The molecule has 0 bridgehead atoms. The van der Waals surface area contributed by atoms with Crippen LogP contribution in [0.5, 0.6) is 5.75 Å². The molecule has 0 aliphatic carbocycles. The van der Waals surface area contributed by atoms with Crippen LogP contribution in [0.15, 0.2) is 18.2 Å². The summed E-state index contributed by atoms with van der Waals surface area (Å²) in [6.07, 6.45) is 0. The smallest absolute Gasteiger partial charge is 0.138 e. The highest BCUT2D eigenvalue weighted by molar-refractivity contribution is 14.1. The summed E-state index contributed by atoms with van der Waals surface area (Å²) < 4.78 is 7.58. The van der Waals surface area contributed by atoms with E-state index in [0.717, 1.165) is 11.1 Å². The molecule has 0 aliphatic heterocycles. The molecule has 0 saturated heterocycles. The first-order valence-corrected chi connectivity index (χ1v) is 5.91. The molecule has 0 fully saturated rings. The first-order valence-electron chi connectivity index (χ1n) is 3.64. The Morgan fingerprint density at radius 3 is 2.92 bits per heavy atom. The Labute approximate surface area is 98.8 Å². The van der Waals surface area contributed by atoms with Gasteiger partial charge < -0.3 is 4.74 Å². The Bertz CT molecular complexity index is 452. The molecule has 0 spiro atoms. The van der Waals surface area contributed by atoms with Gasteiger partial charge in [0.2, 0.25) is 0 Å². The van der Waals surface area contributed by atoms with Crippen molar-refractivity contribution in [2.24, 2.45) is 0 Å². The summed E-state index contributed by atoms with van der Waals surface area (Å²) in [5.74, 6) is 0.739. The van der Waals surface area contributed by atoms with Gasteiger partial charge in [-0.1, -0.05) is 11.6 Å². The van der Waals surface area contributed by atoms with E-state index in [2.05, 4.69) is 28.7 Å². The molecule has 1 aromatic carbocycles. The van der Waals surface area contributed by atoms with E-state index in [0.29, 0.717) is 5.02 Å². The van der Waals surface area contributed by atoms with Crippen LogP contribution in [0.3, 0.4) is 0 Å². The first kappa shape index (κ1) is 9.55. The van der Waals surface area contributed by atoms with Gasteiger partial charge in [0.05, 0.1) is 15.0 Å². The van der Waals surface area contributed by atoms with Crippen LogP contribution in [0, 0.1) is 2.88 Å². The number of hydrogen-bond acceptors (Lipinski definition) is 2. The van der Waals surface area contributed by atoms with E-state index < -0.39 is 0 Å². The number of fused-ring (bicyclic) bond motifs is 1. The van der Waals surface area contributed by atoms with Gasteiger partial charge in [0.1, 0.15) is 5.75 Å². The third kappa shape index (κ3) is 1.65. The molecule has 4 heteroatoms. The molecule has 1 aromatic heterocycles. The molecule has 68 valence electrons. The maximum atomic E-state index is 6.13. The lowest BCUT2D eigenvalue weighted by atomic mass is 10.2. The molecule has 2 aromatic rings. The van der Waals surface area contributed by atoms with Crippen molar-refractivity contribution in [2.75, 3.05) is 7.11 Å². The van der Waals surface area contributed by atoms with E-state index in [1.54, 1.807) is 18.4 Å². The first-order chi connectivity index (χ1) is 6.22. The minimum absolute atomic E-state index is 0.708. The van der Waals surface area contributed by atoms with E-state index in [1.807, 2.05) is 12.1 Å². The number of hydrogen-bond donors (Lipinski definition) is 0. The minimum atomic E-state index is 0.708. The largest absolute Gasteiger partial charge is 0.495 e. The number of benzene rings is 1. The third-order valence-electron chi connectivity index (χ3n) is 1.79. The standard InChI is InChI=1S/C9H6ClIOS/c1-12-6-2-3-7-5(9(6)10)4-8(11)13-7/h2-4H,1H3. The molecule has 13 heavy (non-hydrogen) atoms. The summed E-state index contributed by atoms with van der Waals surface area (Å²) in [6.45, 7) is 0. The van der Waals surface area contributed by atoms with Crippen LogP contribution in [0.25, 0.3) is 10.1 Å². The van der Waals surface area contributed by atoms with Crippen molar-refractivity contribution >= 4 is 55.6 Å². The van der Waals surface area contributed by atoms with E-state index in [9.17, 15) is 0 Å². The summed E-state index contributed by atoms with van der Waals surface area (Å²) in [7, 11) is 1.63. The van der Waals surface area contributed by atoms with Gasteiger partial charge in [-0.25, -0.2) is 0 Å². The average Bonchev–Trinajstić information content (AvgIpc) is 2.47. The van der Waals surface area contributed by atoms with Crippen molar-refractivity contribution in [2.45, 2.75) is 0 Å². The van der Waals surface area contributed by atoms with Crippen molar-refractivity contribution in [1.29, 1.82) is 0 Å². The molecular weight excluding hydrogens is 319 g/mol. The van der Waals surface area contributed by atoms with Gasteiger partial charge in [-0.3, -0.25) is 0 Å². The highest BCUT2D eigenvalue weighted by Gasteiger charge is 2.07. The Morgan fingerprint density at radius 1 is 1.46 bits per heavy atom. The zero-order valence-corrected chi connectivity index (χ0v) is 10.5. The monoisotopic (exact) mass is 324 g/mol. The molecule has 0 amide bonds. The predicted molar refractivity (Wildman–Crippen MR) is 66.1 cm³/mol. The van der Waals surface area contributed by atoms with Crippen LogP contribution in [-0.2, 0) is 0 Å². The lowest BCUT2D eigenvalue weighted by Crippen LogP contribution is -1.82. The summed E-state index contributed by atoms with van der Waals surface area (Å²) in [4.78, 5) is 0. The van der Waals surface area contributed by atoms with Crippen molar-refractivity contribution in [3.8, 4) is 5.75 Å². The predicted octanol–water partition coefficient (Wildman–Crippen LogP) is 4.17. The fourth-order valence-corrected chi connectivity index (χ4v) is 3.35. The molecular formula is C9H6ClIOS. The molecule has 1 heterocycles. The van der Waals surface area contributed by atoms with Crippen molar-refractivity contribution in [3.63, 3.8) is 0 Å². The van der Waals surface area contributed by atoms with Crippen LogP contribution in [0.2, 0.25) is 5.02 Å². The summed E-state index contributed by atoms with van der Waals surface area (Å²) >= 11 is 10.2. The summed E-state index contributed by atoms with van der Waals surface area (Å²) in [5.41, 5.74) is 0. The van der Waals surface area contributed by atoms with Crippen LogP contribution < -0.4 is 4.74 Å². The lowest BCUT2D eigenvalue weighted by molar-refractivity contribution is 0.415. The van der Waals surface area contributed by atoms with Gasteiger partial charge in [0.25, 0.3) is 0 Å². The Morgan fingerprint density at radius 2 is 2.23 bits per heavy atom. The minimum Gasteiger partial charge on any atom is -0.495 e. The highest BCUT2D eigenvalue weighted by Crippen LogP contribution is 2.37. The van der Waals surface area contributed by atoms with Gasteiger partial charge in [-0.2, -0.15) is 0 Å². The zero-order valence-electron chi connectivity index (χ0n) is 6.80. The van der Waals surface area contributed by atoms with Gasteiger partial charge >= 0.3 is 0 Å². The van der Waals surface area contributed by atoms with Gasteiger partial charge in [-0.15, -0.1) is 11.3 Å². The van der Waals surface area contributed by atoms with Crippen molar-refractivity contribution in [1.82, 2.24) is 0 Å². The molecule has 0 saturated carbocycles. The number of thiophene rings is 1. The zero-order chi connectivity index (χ0) is 9.42. The Balaban J connectivity index is 2.78. The second-order valence-corrected chi connectivity index (χ2v) is 5.90. The Hall–Kier alpha value is -0.000000000000000167. The van der Waals surface area contributed by atoms with Crippen LogP contribution in [0.4, 0.5) is 0 Å². The van der Waals surface area contributed by atoms with Crippen LogP contribution >= 0.6 is 45.5 Å². The highest BCUT2D eigenvalue weighted by atomic mass is 127. The number of rotatable bonds is 1. The fraction of sp³-hybridized carbons (Fsp3) is 0.111. The molecule has 0 aliphatic rings. The molecule has 0 N–H and O–H groups in total. The number of ether oxygens (including phenoxy) is 1. The van der Waals surface area contributed by atoms with E-state index in [-0.39, 0.29) is 0 Å². The Kier molecular flexibility index (Phi) is 2.67. The summed E-state index contributed by atoms with van der Waals surface area (Å²) in [6, 6.07) is 6.01. The normalized spacial score (nSPS) is 10.7. The van der Waals surface area contributed by atoms with Gasteiger partial charge in [0.15, 0.2) is 0 Å². The molecule has 1 nitrogen and oxygen atoms in total. The van der Waals surface area contributed by atoms with E-state index >= 15 is 0 Å².